The van der Waals surface area contributed by atoms with E-state index in [0.717, 1.165) is 16.2 Å². The smallest absolute Gasteiger partial charge is 0.123 e. The molecule has 0 atom stereocenters. The third-order valence-corrected chi connectivity index (χ3v) is 2.67. The van der Waals surface area contributed by atoms with Gasteiger partial charge < -0.3 is 0 Å². The zero-order chi connectivity index (χ0) is 8.97. The number of hydrogen-bond donors (Lipinski definition) is 0. The molecule has 0 heterocycles. The molecule has 0 aromatic heterocycles. The molecule has 0 N–H and O–H groups in total. The Morgan fingerprint density at radius 1 is 1.58 bits per heavy atom. The Morgan fingerprint density at radius 2 is 2.33 bits per heavy atom. The van der Waals surface area contributed by atoms with Crippen LogP contribution in [0.4, 0.5) is 4.39 Å². The minimum absolute atomic E-state index is 0.171. The second-order valence-electron chi connectivity index (χ2n) is 2.51. The van der Waals surface area contributed by atoms with E-state index in [9.17, 15) is 4.39 Å². The molecule has 64 valence electrons. The van der Waals surface area contributed by atoms with E-state index in [4.69, 9.17) is 0 Å². The van der Waals surface area contributed by atoms with Gasteiger partial charge in [-0.1, -0.05) is 6.08 Å². The predicted molar refractivity (Wildman–Crippen MR) is 52.1 cm³/mol. The van der Waals surface area contributed by atoms with Crippen molar-refractivity contribution >= 4 is 11.8 Å². The molecule has 0 radical (unpaired) electrons. The zero-order valence-corrected chi connectivity index (χ0v) is 7.83. The molecule has 0 fully saturated rings. The Balaban J connectivity index is 2.78. The van der Waals surface area contributed by atoms with Gasteiger partial charge in [0.15, 0.2) is 0 Å². The standard InChI is InChI=1S/C10H11FS/c1-3-6-12-10-5-4-9(11)7-8(10)2/h3-5,7H,1,6H2,2H3. The first kappa shape index (κ1) is 9.33. The second-order valence-corrected chi connectivity index (χ2v) is 3.57. The van der Waals surface area contributed by atoms with Crippen molar-refractivity contribution in [3.05, 3.63) is 42.2 Å². The van der Waals surface area contributed by atoms with Crippen LogP contribution in [0.25, 0.3) is 0 Å². The zero-order valence-electron chi connectivity index (χ0n) is 7.01. The number of aryl methyl sites for hydroxylation is 1. The highest BCUT2D eigenvalue weighted by molar-refractivity contribution is 7.99. The molecule has 0 saturated heterocycles. The molecular weight excluding hydrogens is 171 g/mol. The minimum atomic E-state index is -0.171. The van der Waals surface area contributed by atoms with Gasteiger partial charge in [0.2, 0.25) is 0 Å². The monoisotopic (exact) mass is 182 g/mol. The molecule has 0 bridgehead atoms. The predicted octanol–water partition coefficient (Wildman–Crippen LogP) is 3.41. The summed E-state index contributed by atoms with van der Waals surface area (Å²) in [6, 6.07) is 4.84. The van der Waals surface area contributed by atoms with Gasteiger partial charge in [0.1, 0.15) is 5.82 Å². The molecule has 0 amide bonds. The van der Waals surface area contributed by atoms with E-state index in [1.807, 2.05) is 13.0 Å². The van der Waals surface area contributed by atoms with Crippen LogP contribution in [0.15, 0.2) is 35.7 Å². The summed E-state index contributed by atoms with van der Waals surface area (Å²) in [4.78, 5) is 1.12. The van der Waals surface area contributed by atoms with Crippen LogP contribution in [0.3, 0.4) is 0 Å². The largest absolute Gasteiger partial charge is 0.207 e. The molecule has 1 aromatic carbocycles. The maximum absolute atomic E-state index is 12.6. The number of halogens is 1. The van der Waals surface area contributed by atoms with Gasteiger partial charge in [0.05, 0.1) is 0 Å². The fourth-order valence-electron chi connectivity index (χ4n) is 0.923. The van der Waals surface area contributed by atoms with Gasteiger partial charge in [-0.25, -0.2) is 4.39 Å². The van der Waals surface area contributed by atoms with Gasteiger partial charge >= 0.3 is 0 Å². The van der Waals surface area contributed by atoms with E-state index >= 15 is 0 Å². The van der Waals surface area contributed by atoms with Gasteiger partial charge in [0, 0.05) is 10.6 Å². The summed E-state index contributed by atoms with van der Waals surface area (Å²) in [7, 11) is 0. The van der Waals surface area contributed by atoms with Crippen molar-refractivity contribution in [3.63, 3.8) is 0 Å². The topological polar surface area (TPSA) is 0 Å². The average molecular weight is 182 g/mol. The van der Waals surface area contributed by atoms with Crippen LogP contribution in [0.2, 0.25) is 0 Å². The molecule has 0 aliphatic heterocycles. The molecule has 1 rings (SSSR count). The third kappa shape index (κ3) is 2.38. The van der Waals surface area contributed by atoms with Gasteiger partial charge in [-0.2, -0.15) is 0 Å². The fourth-order valence-corrected chi connectivity index (χ4v) is 1.67. The second kappa shape index (κ2) is 4.31. The maximum atomic E-state index is 12.6. The fraction of sp³-hybridized carbons (Fsp3) is 0.200. The SMILES string of the molecule is C=CCSc1ccc(F)cc1C. The lowest BCUT2D eigenvalue weighted by Crippen LogP contribution is -1.82. The normalized spacial score (nSPS) is 9.83. The van der Waals surface area contributed by atoms with Crippen LogP contribution >= 0.6 is 11.8 Å². The first-order chi connectivity index (χ1) is 5.74. The maximum Gasteiger partial charge on any atom is 0.123 e. The average Bonchev–Trinajstić information content (AvgIpc) is 2.03. The van der Waals surface area contributed by atoms with Crippen molar-refractivity contribution in [2.24, 2.45) is 0 Å². The van der Waals surface area contributed by atoms with E-state index in [-0.39, 0.29) is 5.82 Å². The van der Waals surface area contributed by atoms with E-state index in [0.29, 0.717) is 0 Å². The van der Waals surface area contributed by atoms with Crippen molar-refractivity contribution < 1.29 is 4.39 Å². The first-order valence-electron chi connectivity index (χ1n) is 3.74. The Kier molecular flexibility index (Phi) is 3.35. The number of benzene rings is 1. The van der Waals surface area contributed by atoms with E-state index in [1.165, 1.54) is 6.07 Å². The molecule has 0 aliphatic carbocycles. The summed E-state index contributed by atoms with van der Waals surface area (Å²) in [6.07, 6.45) is 1.84. The molecule has 0 spiro atoms. The van der Waals surface area contributed by atoms with Crippen LogP contribution in [-0.4, -0.2) is 5.75 Å². The van der Waals surface area contributed by atoms with Gasteiger partial charge in [-0.3, -0.25) is 0 Å². The Hall–Kier alpha value is -0.760. The molecule has 0 saturated carbocycles. The lowest BCUT2D eigenvalue weighted by molar-refractivity contribution is 0.625. The molecule has 12 heavy (non-hydrogen) atoms. The Labute approximate surface area is 76.5 Å². The quantitative estimate of drug-likeness (QED) is 0.510. The lowest BCUT2D eigenvalue weighted by Gasteiger charge is -2.02. The summed E-state index contributed by atoms with van der Waals surface area (Å²) in [5.41, 5.74) is 0.988. The molecule has 0 unspecified atom stereocenters. The highest BCUT2D eigenvalue weighted by Gasteiger charge is 1.98. The van der Waals surface area contributed by atoms with Crippen molar-refractivity contribution in [1.29, 1.82) is 0 Å². The van der Waals surface area contributed by atoms with Crippen molar-refractivity contribution in [1.82, 2.24) is 0 Å². The molecule has 0 aliphatic rings. The minimum Gasteiger partial charge on any atom is -0.207 e. The van der Waals surface area contributed by atoms with Gasteiger partial charge in [-0.15, -0.1) is 18.3 Å². The summed E-state index contributed by atoms with van der Waals surface area (Å²) in [5, 5.41) is 0. The number of hydrogen-bond acceptors (Lipinski definition) is 1. The summed E-state index contributed by atoms with van der Waals surface area (Å²) in [5.74, 6) is 0.697. The van der Waals surface area contributed by atoms with E-state index in [1.54, 1.807) is 23.9 Å². The van der Waals surface area contributed by atoms with Crippen molar-refractivity contribution in [2.75, 3.05) is 5.75 Å². The molecule has 0 nitrogen and oxygen atoms in total. The third-order valence-electron chi connectivity index (χ3n) is 1.49. The highest BCUT2D eigenvalue weighted by atomic mass is 32.2. The Morgan fingerprint density at radius 3 is 2.92 bits per heavy atom. The molecule has 2 heteroatoms. The van der Waals surface area contributed by atoms with Crippen molar-refractivity contribution in [2.45, 2.75) is 11.8 Å². The van der Waals surface area contributed by atoms with Crippen LogP contribution < -0.4 is 0 Å². The number of thioether (sulfide) groups is 1. The molecular formula is C10H11FS. The van der Waals surface area contributed by atoms with Crippen LogP contribution in [0.1, 0.15) is 5.56 Å². The van der Waals surface area contributed by atoms with Gasteiger partial charge in [0.25, 0.3) is 0 Å². The Bertz CT molecular complexity index is 281. The summed E-state index contributed by atoms with van der Waals surface area (Å²) < 4.78 is 12.6. The van der Waals surface area contributed by atoms with Crippen LogP contribution in [0.5, 0.6) is 0 Å². The first-order valence-corrected chi connectivity index (χ1v) is 4.72. The summed E-state index contributed by atoms with van der Waals surface area (Å²) in [6.45, 7) is 5.54. The lowest BCUT2D eigenvalue weighted by atomic mass is 10.2. The molecule has 1 aromatic rings. The highest BCUT2D eigenvalue weighted by Crippen LogP contribution is 2.22. The number of rotatable bonds is 3. The van der Waals surface area contributed by atoms with Crippen LogP contribution in [0, 0.1) is 12.7 Å². The summed E-state index contributed by atoms with van der Waals surface area (Å²) >= 11 is 1.67. The van der Waals surface area contributed by atoms with Crippen molar-refractivity contribution in [3.8, 4) is 0 Å². The van der Waals surface area contributed by atoms with E-state index in [2.05, 4.69) is 6.58 Å². The van der Waals surface area contributed by atoms with Gasteiger partial charge in [-0.05, 0) is 30.7 Å². The van der Waals surface area contributed by atoms with Crippen LogP contribution in [-0.2, 0) is 0 Å². The van der Waals surface area contributed by atoms with E-state index < -0.39 is 0 Å².